The summed E-state index contributed by atoms with van der Waals surface area (Å²) in [5.41, 5.74) is 0. The lowest BCUT2D eigenvalue weighted by atomic mass is 9.96. The van der Waals surface area contributed by atoms with E-state index >= 15 is 0 Å². The predicted octanol–water partition coefficient (Wildman–Crippen LogP) is -7.69. The van der Waals surface area contributed by atoms with E-state index in [0.29, 0.717) is 0 Å². The van der Waals surface area contributed by atoms with E-state index in [-0.39, 0.29) is 0 Å². The minimum atomic E-state index is -1.91. The Balaban J connectivity index is 1.53. The molecule has 4 heterocycles. The van der Waals surface area contributed by atoms with Crippen molar-refractivity contribution in [3.63, 3.8) is 0 Å². The van der Waals surface area contributed by atoms with Crippen molar-refractivity contribution in [2.24, 2.45) is 0 Å². The summed E-state index contributed by atoms with van der Waals surface area (Å²) >= 11 is 0. The standard InChI is InChI=1S/C24H42O19/c1-5-9(26)12(29)18(35)23(39-5)43-20-14(31)11(28)8(4-37-22-17(34)13(30)10(27)7(3-25)40-22)41-24(20)42-19-6(2)38-21(36)16(33)15(19)32/h5-36H,3-4H2,1-2H3/t5-,6+,7+,8+,9-,10+,11+,12+,13-,14-,15+,16+,17+,18+,19-,20+,21+,22+,23-,24-/m0/s1. The number of rotatable bonds is 8. The molecule has 4 fully saturated rings. The quantitative estimate of drug-likeness (QED) is 0.118. The van der Waals surface area contributed by atoms with Gasteiger partial charge in [-0.2, -0.15) is 0 Å². The van der Waals surface area contributed by atoms with Gasteiger partial charge in [0.25, 0.3) is 0 Å². The fourth-order valence-corrected chi connectivity index (χ4v) is 5.34. The first-order valence-electron chi connectivity index (χ1n) is 13.8. The normalized spacial score (nSPS) is 54.8. The Morgan fingerprint density at radius 2 is 1.00 bits per heavy atom. The van der Waals surface area contributed by atoms with Gasteiger partial charge in [-0.15, -0.1) is 0 Å². The molecular formula is C24H42O19. The maximum absolute atomic E-state index is 11.1. The molecule has 43 heavy (non-hydrogen) atoms. The summed E-state index contributed by atoms with van der Waals surface area (Å²) in [5.74, 6) is 0. The summed E-state index contributed by atoms with van der Waals surface area (Å²) in [6.07, 6.45) is -32.4. The van der Waals surface area contributed by atoms with Crippen LogP contribution in [0.3, 0.4) is 0 Å². The van der Waals surface area contributed by atoms with Gasteiger partial charge in [0.15, 0.2) is 25.2 Å². The number of ether oxygens (including phenoxy) is 7. The van der Waals surface area contributed by atoms with Gasteiger partial charge in [0.05, 0.1) is 25.4 Å². The molecule has 0 radical (unpaired) electrons. The van der Waals surface area contributed by atoms with E-state index in [1.165, 1.54) is 13.8 Å². The lowest BCUT2D eigenvalue weighted by molar-refractivity contribution is -0.388. The van der Waals surface area contributed by atoms with Crippen molar-refractivity contribution in [1.82, 2.24) is 0 Å². The number of aliphatic hydroxyl groups excluding tert-OH is 12. The van der Waals surface area contributed by atoms with E-state index in [1.807, 2.05) is 0 Å². The van der Waals surface area contributed by atoms with E-state index < -0.39 is 136 Å². The molecule has 20 atom stereocenters. The SMILES string of the molecule is C[C@@H]1O[C@@H](O[C@H]2[C@H](O[C@@H]3[C@H](O)[C@@H](O)[C@H](O)O[C@@H]3C)O[C@H](CO[C@@H]3O[C@H](CO)[C@@H](O)[C@H](O)[C@H]3O)[C@@H](O)[C@@H]2O)[C@H](O)[C@H](O)[C@H]1O. The first-order valence-corrected chi connectivity index (χ1v) is 13.8. The molecule has 252 valence electrons. The molecule has 19 nitrogen and oxygen atoms in total. The summed E-state index contributed by atoms with van der Waals surface area (Å²) in [6, 6.07) is 0. The maximum Gasteiger partial charge on any atom is 0.187 e. The van der Waals surface area contributed by atoms with Gasteiger partial charge in [0.2, 0.25) is 0 Å². The second-order valence-corrected chi connectivity index (χ2v) is 11.2. The summed E-state index contributed by atoms with van der Waals surface area (Å²) < 4.78 is 38.6. The van der Waals surface area contributed by atoms with Gasteiger partial charge in [-0.1, -0.05) is 0 Å². The molecule has 0 unspecified atom stereocenters. The maximum atomic E-state index is 11.1. The van der Waals surface area contributed by atoms with Crippen molar-refractivity contribution in [2.45, 2.75) is 137 Å². The predicted molar refractivity (Wildman–Crippen MR) is 131 cm³/mol. The van der Waals surface area contributed by atoms with Crippen LogP contribution in [-0.4, -0.2) is 197 Å². The van der Waals surface area contributed by atoms with Gasteiger partial charge >= 0.3 is 0 Å². The molecule has 0 aliphatic carbocycles. The van der Waals surface area contributed by atoms with E-state index in [1.54, 1.807) is 0 Å². The Kier molecular flexibility index (Phi) is 11.7. The summed E-state index contributed by atoms with van der Waals surface area (Å²) in [4.78, 5) is 0. The Hall–Kier alpha value is -0.760. The topological polar surface area (TPSA) is 307 Å². The Morgan fingerprint density at radius 3 is 1.65 bits per heavy atom. The van der Waals surface area contributed by atoms with Gasteiger partial charge in [0.1, 0.15) is 85.5 Å². The highest BCUT2D eigenvalue weighted by Crippen LogP contribution is 2.33. The summed E-state index contributed by atoms with van der Waals surface area (Å²) in [6.45, 7) is 1.38. The molecule has 0 aromatic rings. The number of hydrogen-bond acceptors (Lipinski definition) is 19. The molecule has 4 saturated heterocycles. The first-order chi connectivity index (χ1) is 20.2. The smallest absolute Gasteiger partial charge is 0.187 e. The van der Waals surface area contributed by atoms with Gasteiger partial charge in [0, 0.05) is 0 Å². The van der Waals surface area contributed by atoms with Crippen molar-refractivity contribution >= 4 is 0 Å². The minimum absolute atomic E-state index is 0.654. The molecular weight excluding hydrogens is 592 g/mol. The molecule has 0 spiro atoms. The average molecular weight is 635 g/mol. The third-order valence-corrected chi connectivity index (χ3v) is 8.10. The largest absolute Gasteiger partial charge is 0.394 e. The third kappa shape index (κ3) is 7.15. The van der Waals surface area contributed by atoms with Gasteiger partial charge < -0.3 is 94.4 Å². The van der Waals surface area contributed by atoms with Gasteiger partial charge in [-0.25, -0.2) is 0 Å². The van der Waals surface area contributed by atoms with Gasteiger partial charge in [-0.05, 0) is 13.8 Å². The van der Waals surface area contributed by atoms with Crippen molar-refractivity contribution in [3.8, 4) is 0 Å². The average Bonchev–Trinajstić information content (AvgIpc) is 2.97. The second kappa shape index (κ2) is 14.3. The number of aliphatic hydroxyl groups is 12. The molecule has 4 aliphatic rings. The highest BCUT2D eigenvalue weighted by molar-refractivity contribution is 4.96. The molecule has 12 N–H and O–H groups in total. The van der Waals surface area contributed by atoms with Crippen LogP contribution in [0, 0.1) is 0 Å². The molecule has 4 aliphatic heterocycles. The zero-order valence-electron chi connectivity index (χ0n) is 23.2. The lowest BCUT2D eigenvalue weighted by Gasteiger charge is -2.48. The molecule has 19 heteroatoms. The second-order valence-electron chi connectivity index (χ2n) is 11.2. The molecule has 0 amide bonds. The van der Waals surface area contributed by atoms with Gasteiger partial charge in [-0.3, -0.25) is 0 Å². The molecule has 4 rings (SSSR count). The zero-order chi connectivity index (χ0) is 31.9. The fourth-order valence-electron chi connectivity index (χ4n) is 5.34. The lowest BCUT2D eigenvalue weighted by Crippen LogP contribution is -2.66. The Bertz CT molecular complexity index is 884. The van der Waals surface area contributed by atoms with Crippen molar-refractivity contribution < 1.29 is 94.4 Å². The van der Waals surface area contributed by atoms with Crippen LogP contribution in [0.2, 0.25) is 0 Å². The van der Waals surface area contributed by atoms with Crippen LogP contribution in [-0.2, 0) is 33.2 Å². The monoisotopic (exact) mass is 634 g/mol. The van der Waals surface area contributed by atoms with Crippen LogP contribution in [0.4, 0.5) is 0 Å². The molecule has 0 aromatic heterocycles. The molecule has 0 aromatic carbocycles. The van der Waals surface area contributed by atoms with Crippen LogP contribution >= 0.6 is 0 Å². The minimum Gasteiger partial charge on any atom is -0.394 e. The van der Waals surface area contributed by atoms with E-state index in [9.17, 15) is 61.3 Å². The summed E-state index contributed by atoms with van der Waals surface area (Å²) in [5, 5.41) is 123. The van der Waals surface area contributed by atoms with Crippen LogP contribution in [0.1, 0.15) is 13.8 Å². The molecule has 0 saturated carbocycles. The first kappa shape index (κ1) is 35.1. The van der Waals surface area contributed by atoms with Crippen LogP contribution in [0.15, 0.2) is 0 Å². The van der Waals surface area contributed by atoms with E-state index in [2.05, 4.69) is 0 Å². The fraction of sp³-hybridized carbons (Fsp3) is 1.00. The highest BCUT2D eigenvalue weighted by Gasteiger charge is 2.53. The Labute approximate surface area is 244 Å². The van der Waals surface area contributed by atoms with Crippen LogP contribution < -0.4 is 0 Å². The van der Waals surface area contributed by atoms with Crippen molar-refractivity contribution in [1.29, 1.82) is 0 Å². The summed E-state index contributed by atoms with van der Waals surface area (Å²) in [7, 11) is 0. The van der Waals surface area contributed by atoms with E-state index in [0.717, 1.165) is 0 Å². The zero-order valence-corrected chi connectivity index (χ0v) is 23.2. The Morgan fingerprint density at radius 1 is 0.465 bits per heavy atom. The van der Waals surface area contributed by atoms with Crippen molar-refractivity contribution in [2.75, 3.05) is 13.2 Å². The number of hydrogen-bond donors (Lipinski definition) is 12. The van der Waals surface area contributed by atoms with Crippen molar-refractivity contribution in [3.05, 3.63) is 0 Å². The van der Waals surface area contributed by atoms with Crippen LogP contribution in [0.5, 0.6) is 0 Å². The highest BCUT2D eigenvalue weighted by atomic mass is 16.8. The third-order valence-electron chi connectivity index (χ3n) is 8.10. The molecule has 0 bridgehead atoms. The van der Waals surface area contributed by atoms with Crippen LogP contribution in [0.25, 0.3) is 0 Å². The van der Waals surface area contributed by atoms with E-state index in [4.69, 9.17) is 33.2 Å².